The zero-order chi connectivity index (χ0) is 19.1. The van der Waals surface area contributed by atoms with Gasteiger partial charge in [0.1, 0.15) is 0 Å². The second-order valence-corrected chi connectivity index (χ2v) is 4.96. The van der Waals surface area contributed by atoms with Crippen LogP contribution in [0, 0.1) is 10.1 Å². The summed E-state index contributed by atoms with van der Waals surface area (Å²) in [6.07, 6.45) is 1.37. The number of amides is 1. The number of carbonyl (C=O) groups is 1. The minimum absolute atomic E-state index is 0.0244. The Morgan fingerprint density at radius 3 is 2.12 bits per heavy atom. The van der Waals surface area contributed by atoms with Crippen LogP contribution in [0.1, 0.15) is 15.9 Å². The van der Waals surface area contributed by atoms with Crippen LogP contribution >= 0.6 is 0 Å². The van der Waals surface area contributed by atoms with Gasteiger partial charge in [-0.2, -0.15) is 5.10 Å². The molecule has 1 N–H and O–H groups in total. The van der Waals surface area contributed by atoms with Crippen molar-refractivity contribution >= 4 is 17.8 Å². The first kappa shape index (κ1) is 18.7. The predicted octanol–water partition coefficient (Wildman–Crippen LogP) is 2.38. The average Bonchev–Trinajstić information content (AvgIpc) is 2.66. The van der Waals surface area contributed by atoms with Crippen molar-refractivity contribution in [1.29, 1.82) is 0 Å². The van der Waals surface area contributed by atoms with Crippen molar-refractivity contribution in [2.75, 3.05) is 21.3 Å². The third-order valence-electron chi connectivity index (χ3n) is 3.41. The van der Waals surface area contributed by atoms with Gasteiger partial charge in [-0.3, -0.25) is 14.9 Å². The van der Waals surface area contributed by atoms with Crippen molar-refractivity contribution in [2.45, 2.75) is 0 Å². The van der Waals surface area contributed by atoms with E-state index in [1.54, 1.807) is 0 Å². The Hall–Kier alpha value is -3.62. The van der Waals surface area contributed by atoms with Crippen LogP contribution in [0.2, 0.25) is 0 Å². The van der Waals surface area contributed by atoms with Crippen molar-refractivity contribution in [3.63, 3.8) is 0 Å². The number of ether oxygens (including phenoxy) is 3. The standard InChI is InChI=1S/C17H17N3O6/c1-24-14-8-12(9-15(25-2)16(14)26-3)17(21)19-18-10-11-4-6-13(7-5-11)20(22)23/h4-10H,1-3H3,(H,19,21)/b18-10+. The minimum Gasteiger partial charge on any atom is -0.493 e. The first-order valence-electron chi connectivity index (χ1n) is 7.38. The smallest absolute Gasteiger partial charge is 0.271 e. The van der Waals surface area contributed by atoms with Crippen LogP contribution in [-0.4, -0.2) is 38.4 Å². The highest BCUT2D eigenvalue weighted by atomic mass is 16.6. The zero-order valence-corrected chi connectivity index (χ0v) is 14.4. The Labute approximate surface area is 149 Å². The number of non-ortho nitro benzene ring substituents is 1. The van der Waals surface area contributed by atoms with Crippen molar-refractivity contribution in [2.24, 2.45) is 5.10 Å². The first-order valence-corrected chi connectivity index (χ1v) is 7.38. The van der Waals surface area contributed by atoms with Gasteiger partial charge < -0.3 is 14.2 Å². The van der Waals surface area contributed by atoms with E-state index >= 15 is 0 Å². The molecule has 0 aliphatic carbocycles. The molecule has 0 spiro atoms. The molecule has 0 aromatic heterocycles. The monoisotopic (exact) mass is 359 g/mol. The summed E-state index contributed by atoms with van der Waals surface area (Å²) in [5, 5.41) is 14.4. The van der Waals surface area contributed by atoms with Gasteiger partial charge in [0.25, 0.3) is 11.6 Å². The number of nitro benzene ring substituents is 1. The maximum absolute atomic E-state index is 12.2. The Bertz CT molecular complexity index is 808. The molecule has 0 heterocycles. The molecular formula is C17H17N3O6. The summed E-state index contributed by atoms with van der Waals surface area (Å²) in [5.41, 5.74) is 3.21. The number of methoxy groups -OCH3 is 3. The summed E-state index contributed by atoms with van der Waals surface area (Å²) in [7, 11) is 4.37. The molecule has 0 saturated heterocycles. The third kappa shape index (κ3) is 4.26. The second-order valence-electron chi connectivity index (χ2n) is 4.96. The van der Waals surface area contributed by atoms with Crippen LogP contribution in [0.25, 0.3) is 0 Å². The number of nitrogens with zero attached hydrogens (tertiary/aromatic N) is 2. The van der Waals surface area contributed by atoms with E-state index in [9.17, 15) is 14.9 Å². The summed E-state index contributed by atoms with van der Waals surface area (Å²) < 4.78 is 15.6. The molecule has 2 rings (SSSR count). The van der Waals surface area contributed by atoms with E-state index in [2.05, 4.69) is 10.5 Å². The summed E-state index contributed by atoms with van der Waals surface area (Å²) in [5.74, 6) is 0.580. The number of nitrogens with one attached hydrogen (secondary N) is 1. The number of benzene rings is 2. The molecule has 9 heteroatoms. The third-order valence-corrected chi connectivity index (χ3v) is 3.41. The molecule has 0 saturated carbocycles. The summed E-state index contributed by atoms with van der Waals surface area (Å²) in [4.78, 5) is 22.4. The molecule has 2 aromatic rings. The molecule has 0 aliphatic heterocycles. The van der Waals surface area contributed by atoms with E-state index in [0.717, 1.165) is 0 Å². The Kier molecular flexibility index (Phi) is 6.10. The summed E-state index contributed by atoms with van der Waals surface area (Å²) in [6.45, 7) is 0. The predicted molar refractivity (Wildman–Crippen MR) is 94.3 cm³/mol. The molecule has 0 bridgehead atoms. The van der Waals surface area contributed by atoms with Gasteiger partial charge in [-0.1, -0.05) is 0 Å². The van der Waals surface area contributed by atoms with Crippen LogP contribution in [0.15, 0.2) is 41.5 Å². The average molecular weight is 359 g/mol. The fraction of sp³-hybridized carbons (Fsp3) is 0.176. The molecule has 0 atom stereocenters. The number of nitro groups is 1. The molecular weight excluding hydrogens is 342 g/mol. The number of hydrogen-bond donors (Lipinski definition) is 1. The largest absolute Gasteiger partial charge is 0.493 e. The van der Waals surface area contributed by atoms with Crippen molar-refractivity contribution < 1.29 is 23.9 Å². The summed E-state index contributed by atoms with van der Waals surface area (Å²) >= 11 is 0. The van der Waals surface area contributed by atoms with E-state index < -0.39 is 10.8 Å². The van der Waals surface area contributed by atoms with Gasteiger partial charge in [-0.15, -0.1) is 0 Å². The number of rotatable bonds is 7. The fourth-order valence-electron chi connectivity index (χ4n) is 2.12. The van der Waals surface area contributed by atoms with Crippen LogP contribution in [-0.2, 0) is 0 Å². The van der Waals surface area contributed by atoms with Crippen LogP contribution < -0.4 is 19.6 Å². The molecule has 2 aromatic carbocycles. The molecule has 0 radical (unpaired) electrons. The highest BCUT2D eigenvalue weighted by Crippen LogP contribution is 2.38. The van der Waals surface area contributed by atoms with E-state index in [-0.39, 0.29) is 11.3 Å². The first-order chi connectivity index (χ1) is 12.5. The Morgan fingerprint density at radius 2 is 1.65 bits per heavy atom. The summed E-state index contributed by atoms with van der Waals surface area (Å²) in [6, 6.07) is 8.74. The van der Waals surface area contributed by atoms with Gasteiger partial charge >= 0.3 is 0 Å². The molecule has 1 amide bonds. The van der Waals surface area contributed by atoms with E-state index in [4.69, 9.17) is 14.2 Å². The van der Waals surface area contributed by atoms with E-state index in [0.29, 0.717) is 22.8 Å². The van der Waals surface area contributed by atoms with Crippen LogP contribution in [0.5, 0.6) is 17.2 Å². The number of hydrogen-bond acceptors (Lipinski definition) is 7. The number of carbonyl (C=O) groups excluding carboxylic acids is 1. The van der Waals surface area contributed by atoms with Crippen molar-refractivity contribution in [1.82, 2.24) is 5.43 Å². The lowest BCUT2D eigenvalue weighted by atomic mass is 10.1. The Balaban J connectivity index is 2.13. The van der Waals surface area contributed by atoms with Gasteiger partial charge in [0, 0.05) is 17.7 Å². The van der Waals surface area contributed by atoms with Crippen molar-refractivity contribution in [3.8, 4) is 17.2 Å². The Morgan fingerprint density at radius 1 is 1.08 bits per heavy atom. The van der Waals surface area contributed by atoms with Crippen molar-refractivity contribution in [3.05, 3.63) is 57.6 Å². The van der Waals surface area contributed by atoms with E-state index in [1.807, 2.05) is 0 Å². The number of hydrazone groups is 1. The van der Waals surface area contributed by atoms with E-state index in [1.165, 1.54) is 63.9 Å². The van der Waals surface area contributed by atoms with Gasteiger partial charge in [0.05, 0.1) is 32.5 Å². The topological polar surface area (TPSA) is 112 Å². The molecule has 0 unspecified atom stereocenters. The lowest BCUT2D eigenvalue weighted by Crippen LogP contribution is -2.18. The SMILES string of the molecule is COc1cc(C(=O)N/N=C/c2ccc([N+](=O)[O-])cc2)cc(OC)c1OC. The molecule has 0 aliphatic rings. The fourth-order valence-corrected chi connectivity index (χ4v) is 2.12. The maximum atomic E-state index is 12.2. The molecule has 26 heavy (non-hydrogen) atoms. The lowest BCUT2D eigenvalue weighted by molar-refractivity contribution is -0.384. The van der Waals surface area contributed by atoms with Gasteiger partial charge in [-0.25, -0.2) is 5.43 Å². The quantitative estimate of drug-likeness (QED) is 0.461. The zero-order valence-electron chi connectivity index (χ0n) is 14.4. The second kappa shape index (κ2) is 8.47. The highest BCUT2D eigenvalue weighted by Gasteiger charge is 2.16. The minimum atomic E-state index is -0.493. The molecule has 0 fully saturated rings. The van der Waals surface area contributed by atoms with Gasteiger partial charge in [-0.05, 0) is 29.8 Å². The van der Waals surface area contributed by atoms with Gasteiger partial charge in [0.15, 0.2) is 11.5 Å². The maximum Gasteiger partial charge on any atom is 0.271 e. The normalized spacial score (nSPS) is 10.4. The molecule has 136 valence electrons. The van der Waals surface area contributed by atoms with Gasteiger partial charge in [0.2, 0.25) is 5.75 Å². The van der Waals surface area contributed by atoms with Crippen LogP contribution in [0.4, 0.5) is 5.69 Å². The molecule has 9 nitrogen and oxygen atoms in total. The lowest BCUT2D eigenvalue weighted by Gasteiger charge is -2.13. The highest BCUT2D eigenvalue weighted by molar-refractivity contribution is 5.96. The van der Waals surface area contributed by atoms with Crippen LogP contribution in [0.3, 0.4) is 0 Å².